The Balaban J connectivity index is 1.41. The quantitative estimate of drug-likeness (QED) is 0.365. The molecule has 33 heavy (non-hydrogen) atoms. The van der Waals surface area contributed by atoms with Crippen LogP contribution in [0.2, 0.25) is 5.02 Å². The second-order valence-electron chi connectivity index (χ2n) is 7.83. The number of nitrogens with zero attached hydrogens (tertiary/aromatic N) is 2. The molecule has 1 aliphatic rings. The number of benzene rings is 2. The first kappa shape index (κ1) is 21.0. The molecule has 166 valence electrons. The number of rotatable bonds is 5. The predicted octanol–water partition coefficient (Wildman–Crippen LogP) is 5.47. The fourth-order valence-electron chi connectivity index (χ4n) is 3.47. The molecule has 2 heterocycles. The maximum Gasteiger partial charge on any atom is 0.411 e. The molecule has 0 spiro atoms. The number of nitrogens with one attached hydrogen (secondary N) is 3. The highest BCUT2D eigenvalue weighted by Gasteiger charge is 2.29. The van der Waals surface area contributed by atoms with Crippen LogP contribution in [0.5, 0.6) is 0 Å². The molecule has 5 rings (SSSR count). The normalized spacial score (nSPS) is 13.0. The first-order valence-electron chi connectivity index (χ1n) is 10.4. The third-order valence-electron chi connectivity index (χ3n) is 5.42. The Morgan fingerprint density at radius 1 is 1.03 bits per heavy atom. The van der Waals surface area contributed by atoms with E-state index in [-0.39, 0.29) is 11.8 Å². The van der Waals surface area contributed by atoms with E-state index in [1.54, 1.807) is 30.5 Å². The first-order valence-corrected chi connectivity index (χ1v) is 10.8. The Labute approximate surface area is 194 Å². The molecule has 9 heteroatoms. The van der Waals surface area contributed by atoms with Gasteiger partial charge < -0.3 is 15.0 Å². The van der Waals surface area contributed by atoms with Gasteiger partial charge in [0.15, 0.2) is 5.65 Å². The Morgan fingerprint density at radius 2 is 1.79 bits per heavy atom. The standard InChI is InChI=1S/C24H20ClN5O3/c1-33-24(32)28-16-6-4-13(5-7-16)15-10-20-22(26-12-15)30-21(29-20)18-11-17(8-9-19(18)25)27-23(31)14-2-3-14/h4-12,14H,2-3H2,1H3,(H,27,31)(H,28,32)(H,26,29,30). The fourth-order valence-corrected chi connectivity index (χ4v) is 3.68. The molecule has 1 aliphatic carbocycles. The lowest BCUT2D eigenvalue weighted by molar-refractivity contribution is -0.117. The second kappa shape index (κ2) is 8.55. The lowest BCUT2D eigenvalue weighted by Crippen LogP contribution is -2.13. The van der Waals surface area contributed by atoms with Crippen LogP contribution in [0.15, 0.2) is 54.7 Å². The van der Waals surface area contributed by atoms with Crippen molar-refractivity contribution >= 4 is 46.1 Å². The second-order valence-corrected chi connectivity index (χ2v) is 8.24. The Kier molecular flexibility index (Phi) is 5.43. The average Bonchev–Trinajstić information content (AvgIpc) is 3.59. The van der Waals surface area contributed by atoms with Crippen molar-refractivity contribution in [2.24, 2.45) is 5.92 Å². The smallest absolute Gasteiger partial charge is 0.411 e. The molecule has 8 nitrogen and oxygen atoms in total. The summed E-state index contributed by atoms with van der Waals surface area (Å²) in [7, 11) is 1.32. The van der Waals surface area contributed by atoms with Gasteiger partial charge in [0.2, 0.25) is 5.91 Å². The van der Waals surface area contributed by atoms with Gasteiger partial charge in [0.05, 0.1) is 17.6 Å². The lowest BCUT2D eigenvalue weighted by atomic mass is 10.1. The zero-order valence-electron chi connectivity index (χ0n) is 17.7. The van der Waals surface area contributed by atoms with Crippen LogP contribution in [0.25, 0.3) is 33.7 Å². The number of methoxy groups -OCH3 is 1. The van der Waals surface area contributed by atoms with Crippen molar-refractivity contribution in [2.75, 3.05) is 17.7 Å². The molecular weight excluding hydrogens is 442 g/mol. The van der Waals surface area contributed by atoms with E-state index in [1.165, 1.54) is 7.11 Å². The predicted molar refractivity (Wildman–Crippen MR) is 127 cm³/mol. The van der Waals surface area contributed by atoms with Gasteiger partial charge in [-0.25, -0.2) is 14.8 Å². The fraction of sp³-hybridized carbons (Fsp3) is 0.167. The number of carbonyl (C=O) groups excluding carboxylic acids is 2. The van der Waals surface area contributed by atoms with Crippen LogP contribution in [-0.4, -0.2) is 34.1 Å². The monoisotopic (exact) mass is 461 g/mol. The van der Waals surface area contributed by atoms with Crippen LogP contribution in [0, 0.1) is 5.92 Å². The van der Waals surface area contributed by atoms with Crippen LogP contribution >= 0.6 is 11.6 Å². The molecule has 3 N–H and O–H groups in total. The summed E-state index contributed by atoms with van der Waals surface area (Å²) >= 11 is 6.43. The summed E-state index contributed by atoms with van der Waals surface area (Å²) in [5.74, 6) is 0.718. The van der Waals surface area contributed by atoms with Gasteiger partial charge in [0.1, 0.15) is 5.82 Å². The zero-order valence-corrected chi connectivity index (χ0v) is 18.4. The van der Waals surface area contributed by atoms with Gasteiger partial charge in [-0.1, -0.05) is 23.7 Å². The number of amides is 2. The van der Waals surface area contributed by atoms with E-state index in [1.807, 2.05) is 24.3 Å². The number of aromatic nitrogens is 3. The van der Waals surface area contributed by atoms with Crippen molar-refractivity contribution < 1.29 is 14.3 Å². The molecule has 0 bridgehead atoms. The minimum atomic E-state index is -0.523. The molecule has 2 aromatic heterocycles. The molecule has 2 amide bonds. The summed E-state index contributed by atoms with van der Waals surface area (Å²) in [5.41, 5.74) is 5.12. The number of H-pyrrole nitrogens is 1. The van der Waals surface area contributed by atoms with E-state index in [4.69, 9.17) is 11.6 Å². The first-order chi connectivity index (χ1) is 16.0. The number of pyridine rings is 1. The van der Waals surface area contributed by atoms with E-state index < -0.39 is 6.09 Å². The number of carbonyl (C=O) groups is 2. The minimum Gasteiger partial charge on any atom is -0.453 e. The molecule has 0 atom stereocenters. The van der Waals surface area contributed by atoms with Crippen LogP contribution in [0.4, 0.5) is 16.2 Å². The third-order valence-corrected chi connectivity index (χ3v) is 5.75. The number of imidazole rings is 1. The van der Waals surface area contributed by atoms with Gasteiger partial charge in [-0.15, -0.1) is 0 Å². The van der Waals surface area contributed by atoms with Crippen molar-refractivity contribution in [3.05, 3.63) is 59.8 Å². The van der Waals surface area contributed by atoms with Crippen molar-refractivity contribution in [2.45, 2.75) is 12.8 Å². The van der Waals surface area contributed by atoms with Crippen LogP contribution < -0.4 is 10.6 Å². The number of aromatic amines is 1. The van der Waals surface area contributed by atoms with Crippen molar-refractivity contribution in [3.63, 3.8) is 0 Å². The molecule has 2 aromatic carbocycles. The molecular formula is C24H20ClN5O3. The Morgan fingerprint density at radius 3 is 2.52 bits per heavy atom. The molecule has 1 saturated carbocycles. The van der Waals surface area contributed by atoms with Crippen LogP contribution in [0.3, 0.4) is 0 Å². The van der Waals surface area contributed by atoms with Gasteiger partial charge in [-0.3, -0.25) is 10.1 Å². The summed E-state index contributed by atoms with van der Waals surface area (Å²) in [4.78, 5) is 35.8. The van der Waals surface area contributed by atoms with Crippen molar-refractivity contribution in [3.8, 4) is 22.5 Å². The molecule has 0 unspecified atom stereocenters. The highest BCUT2D eigenvalue weighted by Crippen LogP contribution is 2.33. The van der Waals surface area contributed by atoms with Crippen molar-refractivity contribution in [1.29, 1.82) is 0 Å². The number of hydrogen-bond donors (Lipinski definition) is 3. The number of halogens is 1. The Bertz CT molecular complexity index is 1360. The largest absolute Gasteiger partial charge is 0.453 e. The molecule has 1 fully saturated rings. The summed E-state index contributed by atoms with van der Waals surface area (Å²) in [6.45, 7) is 0. The molecule has 0 radical (unpaired) electrons. The summed E-state index contributed by atoms with van der Waals surface area (Å²) in [5, 5.41) is 6.08. The van der Waals surface area contributed by atoms with Gasteiger partial charge in [-0.2, -0.15) is 0 Å². The third kappa shape index (κ3) is 4.51. The van der Waals surface area contributed by atoms with Gasteiger partial charge >= 0.3 is 6.09 Å². The topological polar surface area (TPSA) is 109 Å². The molecule has 4 aromatic rings. The van der Waals surface area contributed by atoms with E-state index in [0.717, 1.165) is 29.5 Å². The van der Waals surface area contributed by atoms with Gasteiger partial charge in [-0.05, 0) is 54.8 Å². The highest BCUT2D eigenvalue weighted by atomic mass is 35.5. The number of fused-ring (bicyclic) bond motifs is 1. The van der Waals surface area contributed by atoms with Crippen molar-refractivity contribution in [1.82, 2.24) is 15.0 Å². The van der Waals surface area contributed by atoms with E-state index in [9.17, 15) is 9.59 Å². The minimum absolute atomic E-state index is 0.0343. The van der Waals surface area contributed by atoms with Gasteiger partial charge in [0.25, 0.3) is 0 Å². The average molecular weight is 462 g/mol. The van der Waals surface area contributed by atoms with Crippen LogP contribution in [-0.2, 0) is 9.53 Å². The summed E-state index contributed by atoms with van der Waals surface area (Å²) in [6.07, 6.45) is 3.09. The summed E-state index contributed by atoms with van der Waals surface area (Å²) < 4.78 is 4.60. The van der Waals surface area contributed by atoms with Crippen LogP contribution in [0.1, 0.15) is 12.8 Å². The van der Waals surface area contributed by atoms with E-state index in [0.29, 0.717) is 33.4 Å². The maximum atomic E-state index is 12.1. The Hall–Kier alpha value is -3.91. The number of anilines is 2. The lowest BCUT2D eigenvalue weighted by Gasteiger charge is -2.07. The number of hydrogen-bond acceptors (Lipinski definition) is 5. The maximum absolute atomic E-state index is 12.1. The van der Waals surface area contributed by atoms with Gasteiger partial charge in [0, 0.05) is 34.6 Å². The SMILES string of the molecule is COC(=O)Nc1ccc(-c2cnc3nc(-c4cc(NC(=O)C5CC5)ccc4Cl)[nH]c3c2)cc1. The highest BCUT2D eigenvalue weighted by molar-refractivity contribution is 6.33. The number of ether oxygens (including phenoxy) is 1. The van der Waals surface area contributed by atoms with E-state index in [2.05, 4.69) is 30.3 Å². The summed E-state index contributed by atoms with van der Waals surface area (Å²) in [6, 6.07) is 14.6. The zero-order chi connectivity index (χ0) is 22.9. The molecule has 0 saturated heterocycles. The van der Waals surface area contributed by atoms with E-state index >= 15 is 0 Å². The molecule has 0 aliphatic heterocycles.